The molecule has 1 heterocycles. The van der Waals surface area contributed by atoms with Gasteiger partial charge in [0.15, 0.2) is 11.5 Å². The molecule has 0 bridgehead atoms. The molecule has 0 aliphatic carbocycles. The van der Waals surface area contributed by atoms with Crippen molar-refractivity contribution >= 4 is 0 Å². The van der Waals surface area contributed by atoms with Gasteiger partial charge in [-0.3, -0.25) is 0 Å². The Balaban J connectivity index is 3.01. The van der Waals surface area contributed by atoms with Crippen molar-refractivity contribution in [2.24, 2.45) is 0 Å². The van der Waals surface area contributed by atoms with Crippen LogP contribution in [0.2, 0.25) is 0 Å². The Hall–Kier alpha value is -1.12. The third-order valence-corrected chi connectivity index (χ3v) is 1.41. The molecule has 0 aliphatic heterocycles. The van der Waals surface area contributed by atoms with Crippen LogP contribution < -0.4 is 9.47 Å². The van der Waals surface area contributed by atoms with Gasteiger partial charge in [-0.1, -0.05) is 0 Å². The molecule has 0 atom stereocenters. The van der Waals surface area contributed by atoms with Crippen LogP contribution in [0.3, 0.4) is 0 Å². The normalized spacial score (nSPS) is 9.50. The maximum absolute atomic E-state index is 5.05. The molecule has 3 heteroatoms. The van der Waals surface area contributed by atoms with E-state index in [4.69, 9.17) is 9.47 Å². The molecule has 0 saturated carbocycles. The van der Waals surface area contributed by atoms with E-state index in [1.54, 1.807) is 20.4 Å². The number of methoxy groups -OCH3 is 2. The summed E-state index contributed by atoms with van der Waals surface area (Å²) >= 11 is 0. The molecule has 1 N–H and O–H groups in total. The minimum Gasteiger partial charge on any atom is -0.491 e. The first-order valence-corrected chi connectivity index (χ1v) is 3.05. The fourth-order valence-corrected chi connectivity index (χ4v) is 0.895. The highest BCUT2D eigenvalue weighted by atomic mass is 16.5. The molecular weight excluding hydrogens is 130 g/mol. The lowest BCUT2D eigenvalue weighted by molar-refractivity contribution is 0.356. The van der Waals surface area contributed by atoms with Crippen molar-refractivity contribution in [1.29, 1.82) is 0 Å². The van der Waals surface area contributed by atoms with Crippen LogP contribution in [0, 0.1) is 6.92 Å². The fourth-order valence-electron chi connectivity index (χ4n) is 0.895. The first kappa shape index (κ1) is 6.99. The Labute approximate surface area is 60.0 Å². The molecule has 1 rings (SSSR count). The van der Waals surface area contributed by atoms with E-state index < -0.39 is 0 Å². The minimum atomic E-state index is 0.750. The third-order valence-electron chi connectivity index (χ3n) is 1.41. The van der Waals surface area contributed by atoms with Crippen LogP contribution in [0.15, 0.2) is 6.20 Å². The number of ether oxygens (including phenoxy) is 2. The van der Waals surface area contributed by atoms with E-state index in [9.17, 15) is 0 Å². The van der Waals surface area contributed by atoms with Gasteiger partial charge in [-0.05, 0) is 6.92 Å². The smallest absolute Gasteiger partial charge is 0.181 e. The largest absolute Gasteiger partial charge is 0.491 e. The Morgan fingerprint density at radius 1 is 1.30 bits per heavy atom. The minimum absolute atomic E-state index is 0.750. The second-order valence-corrected chi connectivity index (χ2v) is 2.02. The highest BCUT2D eigenvalue weighted by Crippen LogP contribution is 2.29. The number of nitrogens with one attached hydrogen (secondary N) is 1. The molecule has 1 aromatic heterocycles. The number of aromatic nitrogens is 1. The topological polar surface area (TPSA) is 34.2 Å². The zero-order valence-electron chi connectivity index (χ0n) is 6.39. The van der Waals surface area contributed by atoms with Crippen molar-refractivity contribution in [3.8, 4) is 11.5 Å². The molecule has 0 amide bonds. The lowest BCUT2D eigenvalue weighted by atomic mass is 10.4. The number of hydrogen-bond acceptors (Lipinski definition) is 2. The van der Waals surface area contributed by atoms with Crippen LogP contribution >= 0.6 is 0 Å². The molecule has 0 saturated heterocycles. The predicted octanol–water partition coefficient (Wildman–Crippen LogP) is 1.34. The third kappa shape index (κ3) is 0.943. The average molecular weight is 141 g/mol. The quantitative estimate of drug-likeness (QED) is 0.674. The predicted molar refractivity (Wildman–Crippen MR) is 38.6 cm³/mol. The second-order valence-electron chi connectivity index (χ2n) is 2.02. The first-order chi connectivity index (χ1) is 4.79. The van der Waals surface area contributed by atoms with E-state index >= 15 is 0 Å². The summed E-state index contributed by atoms with van der Waals surface area (Å²) in [7, 11) is 3.24. The SMILES string of the molecule is COc1c[nH]c(C)c1OC. The number of hydrogen-bond donors (Lipinski definition) is 1. The van der Waals surface area contributed by atoms with E-state index in [-0.39, 0.29) is 0 Å². The van der Waals surface area contributed by atoms with E-state index in [1.165, 1.54) is 0 Å². The van der Waals surface area contributed by atoms with Gasteiger partial charge in [0.1, 0.15) is 0 Å². The van der Waals surface area contributed by atoms with Crippen LogP contribution in [0.5, 0.6) is 11.5 Å². The number of aromatic amines is 1. The summed E-state index contributed by atoms with van der Waals surface area (Å²) in [4.78, 5) is 2.99. The van der Waals surface area contributed by atoms with Crippen LogP contribution in [0.1, 0.15) is 5.69 Å². The molecule has 1 aromatic rings. The molecule has 10 heavy (non-hydrogen) atoms. The van der Waals surface area contributed by atoms with Crippen LogP contribution in [-0.4, -0.2) is 19.2 Å². The summed E-state index contributed by atoms with van der Waals surface area (Å²) in [6.45, 7) is 1.93. The van der Waals surface area contributed by atoms with Gasteiger partial charge in [0.05, 0.1) is 19.9 Å². The van der Waals surface area contributed by atoms with Crippen LogP contribution in [-0.2, 0) is 0 Å². The highest BCUT2D eigenvalue weighted by Gasteiger charge is 2.06. The van der Waals surface area contributed by atoms with Crippen molar-refractivity contribution in [1.82, 2.24) is 4.98 Å². The van der Waals surface area contributed by atoms with Crippen LogP contribution in [0.25, 0.3) is 0 Å². The van der Waals surface area contributed by atoms with Crippen molar-refractivity contribution in [3.05, 3.63) is 11.9 Å². The molecule has 56 valence electrons. The first-order valence-electron chi connectivity index (χ1n) is 3.05. The van der Waals surface area contributed by atoms with Gasteiger partial charge >= 0.3 is 0 Å². The van der Waals surface area contributed by atoms with Gasteiger partial charge in [0.2, 0.25) is 0 Å². The second kappa shape index (κ2) is 2.64. The lowest BCUT2D eigenvalue weighted by Gasteiger charge is -2.00. The highest BCUT2D eigenvalue weighted by molar-refractivity contribution is 5.42. The monoisotopic (exact) mass is 141 g/mol. The van der Waals surface area contributed by atoms with Crippen molar-refractivity contribution in [3.63, 3.8) is 0 Å². The molecule has 0 fully saturated rings. The van der Waals surface area contributed by atoms with Crippen molar-refractivity contribution in [2.45, 2.75) is 6.92 Å². The van der Waals surface area contributed by atoms with Gasteiger partial charge < -0.3 is 14.5 Å². The summed E-state index contributed by atoms with van der Waals surface area (Å²) in [6.07, 6.45) is 1.77. The lowest BCUT2D eigenvalue weighted by Crippen LogP contribution is -1.86. The molecule has 0 radical (unpaired) electrons. The van der Waals surface area contributed by atoms with E-state index in [2.05, 4.69) is 4.98 Å². The number of aryl methyl sites for hydroxylation is 1. The summed E-state index contributed by atoms with van der Waals surface area (Å²) in [5.41, 5.74) is 0.986. The van der Waals surface area contributed by atoms with E-state index in [0.717, 1.165) is 17.2 Å². The number of H-pyrrole nitrogens is 1. The van der Waals surface area contributed by atoms with Gasteiger partial charge in [-0.15, -0.1) is 0 Å². The van der Waals surface area contributed by atoms with Gasteiger partial charge in [-0.25, -0.2) is 0 Å². The fraction of sp³-hybridized carbons (Fsp3) is 0.429. The summed E-state index contributed by atoms with van der Waals surface area (Å²) in [5, 5.41) is 0. The summed E-state index contributed by atoms with van der Waals surface area (Å²) < 4.78 is 10.1. The maximum atomic E-state index is 5.05. The standard InChI is InChI=1S/C7H11NO2/c1-5-7(10-3)6(9-2)4-8-5/h4,8H,1-3H3. The maximum Gasteiger partial charge on any atom is 0.181 e. The zero-order valence-corrected chi connectivity index (χ0v) is 6.39. The Morgan fingerprint density at radius 3 is 2.40 bits per heavy atom. The molecule has 3 nitrogen and oxygen atoms in total. The zero-order chi connectivity index (χ0) is 7.56. The molecule has 0 aliphatic rings. The molecule has 0 unspecified atom stereocenters. The molecule has 0 aromatic carbocycles. The number of rotatable bonds is 2. The summed E-state index contributed by atoms with van der Waals surface area (Å²) in [6, 6.07) is 0. The summed E-state index contributed by atoms with van der Waals surface area (Å²) in [5.74, 6) is 1.53. The Bertz CT molecular complexity index is 217. The Morgan fingerprint density at radius 2 is 2.00 bits per heavy atom. The van der Waals surface area contributed by atoms with Gasteiger partial charge in [0.25, 0.3) is 0 Å². The molecular formula is C7H11NO2. The van der Waals surface area contributed by atoms with E-state index in [1.807, 2.05) is 6.92 Å². The van der Waals surface area contributed by atoms with Crippen molar-refractivity contribution in [2.75, 3.05) is 14.2 Å². The van der Waals surface area contributed by atoms with Crippen LogP contribution in [0.4, 0.5) is 0 Å². The molecule has 0 spiro atoms. The van der Waals surface area contributed by atoms with Gasteiger partial charge in [-0.2, -0.15) is 0 Å². The average Bonchev–Trinajstić information content (AvgIpc) is 2.30. The van der Waals surface area contributed by atoms with Gasteiger partial charge in [0, 0.05) is 6.20 Å². The van der Waals surface area contributed by atoms with Crippen molar-refractivity contribution < 1.29 is 9.47 Å². The Kier molecular flexibility index (Phi) is 1.85. The van der Waals surface area contributed by atoms with E-state index in [0.29, 0.717) is 0 Å².